The molecule has 31 heavy (non-hydrogen) atoms. The lowest BCUT2D eigenvalue weighted by molar-refractivity contribution is -0.384. The highest BCUT2D eigenvalue weighted by atomic mass is 16.6. The summed E-state index contributed by atoms with van der Waals surface area (Å²) < 4.78 is 5.69. The Morgan fingerprint density at radius 1 is 1.03 bits per heavy atom. The molecule has 8 heteroatoms. The molecule has 0 saturated heterocycles. The van der Waals surface area contributed by atoms with Gasteiger partial charge in [-0.15, -0.1) is 0 Å². The van der Waals surface area contributed by atoms with Gasteiger partial charge in [0, 0.05) is 17.8 Å². The fourth-order valence-corrected chi connectivity index (χ4v) is 2.64. The Labute approximate surface area is 177 Å². The van der Waals surface area contributed by atoms with Gasteiger partial charge in [0.2, 0.25) is 0 Å². The topological polar surface area (TPSA) is 129 Å². The fourth-order valence-electron chi connectivity index (χ4n) is 2.64. The average molecular weight is 410 g/mol. The highest BCUT2D eigenvalue weighted by Crippen LogP contribution is 2.29. The highest BCUT2D eigenvalue weighted by Gasteiger charge is 2.13. The molecule has 3 rings (SSSR count). The second-order valence-corrected chi connectivity index (χ2v) is 6.21. The van der Waals surface area contributed by atoms with Crippen LogP contribution in [0.1, 0.15) is 11.1 Å². The van der Waals surface area contributed by atoms with Gasteiger partial charge in [0.25, 0.3) is 11.6 Å². The molecule has 3 aromatic rings. The summed E-state index contributed by atoms with van der Waals surface area (Å²) in [7, 11) is 0. The van der Waals surface area contributed by atoms with E-state index >= 15 is 0 Å². The molecular formula is C23H14N4O4. The molecule has 0 aromatic heterocycles. The molecule has 8 nitrogen and oxygen atoms in total. The van der Waals surface area contributed by atoms with Crippen LogP contribution in [-0.4, -0.2) is 10.8 Å². The number of nitriles is 2. The zero-order valence-corrected chi connectivity index (χ0v) is 16.0. The number of carbonyl (C=O) groups is 1. The van der Waals surface area contributed by atoms with Gasteiger partial charge < -0.3 is 10.1 Å². The van der Waals surface area contributed by atoms with Crippen molar-refractivity contribution in [1.82, 2.24) is 0 Å². The third-order valence-corrected chi connectivity index (χ3v) is 4.09. The van der Waals surface area contributed by atoms with Gasteiger partial charge in [-0.2, -0.15) is 10.5 Å². The Morgan fingerprint density at radius 2 is 1.81 bits per heavy atom. The lowest BCUT2D eigenvalue weighted by Crippen LogP contribution is -2.13. The van der Waals surface area contributed by atoms with Crippen LogP contribution in [0.15, 0.2) is 78.4 Å². The van der Waals surface area contributed by atoms with Gasteiger partial charge >= 0.3 is 0 Å². The SMILES string of the molecule is N#C/C(=C\c1cccc(Oc2ccc([N+](=O)[O-])cc2C#N)c1)C(=O)Nc1ccccc1. The van der Waals surface area contributed by atoms with Crippen molar-refractivity contribution in [1.29, 1.82) is 10.5 Å². The maximum Gasteiger partial charge on any atom is 0.271 e. The smallest absolute Gasteiger partial charge is 0.271 e. The van der Waals surface area contributed by atoms with E-state index in [0.29, 0.717) is 17.0 Å². The van der Waals surface area contributed by atoms with E-state index in [2.05, 4.69) is 5.32 Å². The third-order valence-electron chi connectivity index (χ3n) is 4.09. The van der Waals surface area contributed by atoms with Crippen molar-refractivity contribution in [3.8, 4) is 23.6 Å². The molecule has 1 amide bonds. The number of hydrogen-bond acceptors (Lipinski definition) is 6. The number of nitro benzene ring substituents is 1. The van der Waals surface area contributed by atoms with Crippen molar-refractivity contribution in [2.45, 2.75) is 0 Å². The summed E-state index contributed by atoms with van der Waals surface area (Å²) in [5, 5.41) is 32.1. The Kier molecular flexibility index (Phi) is 6.37. The van der Waals surface area contributed by atoms with Gasteiger partial charge in [0.15, 0.2) is 0 Å². The number of non-ortho nitro benzene ring substituents is 1. The molecule has 3 aromatic carbocycles. The van der Waals surface area contributed by atoms with Crippen LogP contribution in [-0.2, 0) is 4.79 Å². The number of nitro groups is 1. The van der Waals surface area contributed by atoms with Crippen LogP contribution in [0.2, 0.25) is 0 Å². The first-order valence-corrected chi connectivity index (χ1v) is 8.95. The summed E-state index contributed by atoms with van der Waals surface area (Å²) in [4.78, 5) is 22.6. The highest BCUT2D eigenvalue weighted by molar-refractivity contribution is 6.09. The Morgan fingerprint density at radius 3 is 2.48 bits per heavy atom. The maximum atomic E-state index is 12.4. The third kappa shape index (κ3) is 5.31. The summed E-state index contributed by atoms with van der Waals surface area (Å²) in [6.45, 7) is 0. The Balaban J connectivity index is 1.83. The number of nitrogens with one attached hydrogen (secondary N) is 1. The number of anilines is 1. The van der Waals surface area contributed by atoms with E-state index in [1.807, 2.05) is 18.2 Å². The largest absolute Gasteiger partial charge is 0.456 e. The van der Waals surface area contributed by atoms with Crippen molar-refractivity contribution in [3.63, 3.8) is 0 Å². The normalized spacial score (nSPS) is 10.5. The number of hydrogen-bond donors (Lipinski definition) is 1. The van der Waals surface area contributed by atoms with E-state index in [1.54, 1.807) is 48.5 Å². The van der Waals surface area contributed by atoms with Gasteiger partial charge in [0.05, 0.1) is 4.92 Å². The molecule has 0 aliphatic rings. The summed E-state index contributed by atoms with van der Waals surface area (Å²) in [6.07, 6.45) is 1.41. The van der Waals surface area contributed by atoms with Crippen LogP contribution in [0.25, 0.3) is 6.08 Å². The van der Waals surface area contributed by atoms with Crippen molar-refractivity contribution in [3.05, 3.63) is 99.6 Å². The monoisotopic (exact) mass is 410 g/mol. The lowest BCUT2D eigenvalue weighted by Gasteiger charge is -2.08. The van der Waals surface area contributed by atoms with E-state index in [4.69, 9.17) is 4.74 Å². The van der Waals surface area contributed by atoms with Gasteiger partial charge in [-0.05, 0) is 42.0 Å². The van der Waals surface area contributed by atoms with Crippen LogP contribution in [0.4, 0.5) is 11.4 Å². The molecule has 0 unspecified atom stereocenters. The van der Waals surface area contributed by atoms with Gasteiger partial charge in [-0.1, -0.05) is 30.3 Å². The van der Waals surface area contributed by atoms with Gasteiger partial charge in [-0.25, -0.2) is 0 Å². The van der Waals surface area contributed by atoms with E-state index in [9.17, 15) is 25.4 Å². The first kappa shape index (κ1) is 20.8. The second kappa shape index (κ2) is 9.50. The Hall–Kier alpha value is -4.95. The van der Waals surface area contributed by atoms with Crippen LogP contribution in [0.3, 0.4) is 0 Å². The molecule has 0 radical (unpaired) electrons. The Bertz CT molecular complexity index is 1250. The fraction of sp³-hybridized carbons (Fsp3) is 0. The number of ether oxygens (including phenoxy) is 1. The first-order valence-electron chi connectivity index (χ1n) is 8.95. The predicted octanol–water partition coefficient (Wildman–Crippen LogP) is 4.80. The number of para-hydroxylation sites is 1. The van der Waals surface area contributed by atoms with Crippen molar-refractivity contribution >= 4 is 23.4 Å². The van der Waals surface area contributed by atoms with E-state index in [0.717, 1.165) is 6.07 Å². The summed E-state index contributed by atoms with van der Waals surface area (Å²) in [6, 6.07) is 22.7. The molecule has 0 fully saturated rings. The van der Waals surface area contributed by atoms with Gasteiger partial charge in [0.1, 0.15) is 34.8 Å². The minimum atomic E-state index is -0.597. The zero-order chi connectivity index (χ0) is 22.2. The minimum absolute atomic E-state index is 0.00935. The van der Waals surface area contributed by atoms with Crippen molar-refractivity contribution < 1.29 is 14.5 Å². The molecule has 0 atom stereocenters. The summed E-state index contributed by atoms with van der Waals surface area (Å²) >= 11 is 0. The molecule has 1 N–H and O–H groups in total. The van der Waals surface area contributed by atoms with E-state index < -0.39 is 10.8 Å². The van der Waals surface area contributed by atoms with E-state index in [1.165, 1.54) is 18.2 Å². The maximum absolute atomic E-state index is 12.4. The predicted molar refractivity (Wildman–Crippen MR) is 113 cm³/mol. The molecule has 0 saturated carbocycles. The van der Waals surface area contributed by atoms with Crippen LogP contribution in [0, 0.1) is 32.8 Å². The van der Waals surface area contributed by atoms with Crippen LogP contribution >= 0.6 is 0 Å². The molecule has 0 spiro atoms. The minimum Gasteiger partial charge on any atom is -0.456 e. The molecule has 0 aliphatic heterocycles. The number of nitrogens with zero attached hydrogens (tertiary/aromatic N) is 3. The van der Waals surface area contributed by atoms with Crippen molar-refractivity contribution in [2.75, 3.05) is 5.32 Å². The number of carbonyl (C=O) groups excluding carboxylic acids is 1. The lowest BCUT2D eigenvalue weighted by atomic mass is 10.1. The number of rotatable bonds is 6. The van der Waals surface area contributed by atoms with Crippen LogP contribution < -0.4 is 10.1 Å². The van der Waals surface area contributed by atoms with E-state index in [-0.39, 0.29) is 22.6 Å². The summed E-state index contributed by atoms with van der Waals surface area (Å²) in [5.74, 6) is -0.0708. The molecule has 0 aliphatic carbocycles. The first-order chi connectivity index (χ1) is 15.0. The standard InChI is InChI=1S/C23H14N4O4/c24-14-17-13-20(27(29)30)9-10-22(17)31-21-8-4-5-16(12-21)11-18(15-25)23(28)26-19-6-2-1-3-7-19/h1-13H,(H,26,28)/b18-11+. The number of benzene rings is 3. The molecule has 150 valence electrons. The number of amides is 1. The molecule has 0 heterocycles. The quantitative estimate of drug-likeness (QED) is 0.269. The molecular weight excluding hydrogens is 396 g/mol. The van der Waals surface area contributed by atoms with Crippen LogP contribution in [0.5, 0.6) is 11.5 Å². The molecule has 0 bridgehead atoms. The summed E-state index contributed by atoms with van der Waals surface area (Å²) in [5.41, 5.74) is 0.776. The second-order valence-electron chi connectivity index (χ2n) is 6.21. The van der Waals surface area contributed by atoms with Gasteiger partial charge in [-0.3, -0.25) is 14.9 Å². The van der Waals surface area contributed by atoms with Crippen molar-refractivity contribution in [2.24, 2.45) is 0 Å². The average Bonchev–Trinajstić information content (AvgIpc) is 2.78. The zero-order valence-electron chi connectivity index (χ0n) is 16.0.